The largest absolute Gasteiger partial charge is 0.383 e. The van der Waals surface area contributed by atoms with Gasteiger partial charge in [0, 0.05) is 52.5 Å². The summed E-state index contributed by atoms with van der Waals surface area (Å²) in [6.45, 7) is 4.89. The zero-order valence-corrected chi connectivity index (χ0v) is 20.9. The molecule has 0 aliphatic rings. The SMILES string of the molecule is CN=C(NCc1ccc(NCCOC)cc1)N(C)Cc1csc(C(C)OC)n1.I. The second-order valence-corrected chi connectivity index (χ2v) is 7.32. The molecular formula is C20H32IN5O2S. The second kappa shape index (κ2) is 13.7. The summed E-state index contributed by atoms with van der Waals surface area (Å²) in [7, 11) is 7.21. The topological polar surface area (TPSA) is 71.0 Å². The van der Waals surface area contributed by atoms with Crippen molar-refractivity contribution in [3.05, 3.63) is 45.9 Å². The number of anilines is 1. The average molecular weight is 533 g/mol. The van der Waals surface area contributed by atoms with Crippen molar-refractivity contribution in [2.75, 3.05) is 46.8 Å². The Balaban J connectivity index is 0.00000420. The highest BCUT2D eigenvalue weighted by Crippen LogP contribution is 2.21. The molecule has 0 aliphatic heterocycles. The Kier molecular flexibility index (Phi) is 12.1. The Hall–Kier alpha value is -1.43. The van der Waals surface area contributed by atoms with Gasteiger partial charge in [0.05, 0.1) is 18.8 Å². The van der Waals surface area contributed by atoms with E-state index in [9.17, 15) is 0 Å². The van der Waals surface area contributed by atoms with Crippen LogP contribution < -0.4 is 10.6 Å². The summed E-state index contributed by atoms with van der Waals surface area (Å²) >= 11 is 1.63. The van der Waals surface area contributed by atoms with Gasteiger partial charge in [0.1, 0.15) is 11.1 Å². The van der Waals surface area contributed by atoms with Gasteiger partial charge < -0.3 is 25.0 Å². The van der Waals surface area contributed by atoms with Crippen LogP contribution in [-0.2, 0) is 22.6 Å². The number of hydrogen-bond donors (Lipinski definition) is 2. The van der Waals surface area contributed by atoms with E-state index in [0.29, 0.717) is 19.7 Å². The fourth-order valence-corrected chi connectivity index (χ4v) is 3.45. The lowest BCUT2D eigenvalue weighted by Crippen LogP contribution is -2.38. The molecule has 0 bridgehead atoms. The van der Waals surface area contributed by atoms with Gasteiger partial charge in [-0.05, 0) is 24.6 Å². The van der Waals surface area contributed by atoms with Gasteiger partial charge in [-0.3, -0.25) is 4.99 Å². The summed E-state index contributed by atoms with van der Waals surface area (Å²) in [5.41, 5.74) is 3.30. The van der Waals surface area contributed by atoms with Gasteiger partial charge in [0.2, 0.25) is 0 Å². The maximum absolute atomic E-state index is 5.33. The molecule has 0 spiro atoms. The van der Waals surface area contributed by atoms with E-state index in [1.807, 2.05) is 14.0 Å². The molecule has 0 fully saturated rings. The molecule has 0 saturated heterocycles. The molecule has 162 valence electrons. The number of rotatable bonds is 10. The average Bonchev–Trinajstić information content (AvgIpc) is 3.17. The Bertz CT molecular complexity index is 739. The molecule has 1 aromatic heterocycles. The summed E-state index contributed by atoms with van der Waals surface area (Å²) in [6, 6.07) is 8.36. The Morgan fingerprint density at radius 1 is 1.28 bits per heavy atom. The third-order valence-corrected chi connectivity index (χ3v) is 5.34. The van der Waals surface area contributed by atoms with Crippen molar-refractivity contribution in [3.8, 4) is 0 Å². The zero-order chi connectivity index (χ0) is 20.4. The second-order valence-electron chi connectivity index (χ2n) is 6.43. The number of methoxy groups -OCH3 is 2. The lowest BCUT2D eigenvalue weighted by atomic mass is 10.2. The number of benzene rings is 1. The van der Waals surface area contributed by atoms with E-state index in [4.69, 9.17) is 9.47 Å². The first-order valence-corrected chi connectivity index (χ1v) is 10.2. The van der Waals surface area contributed by atoms with Crippen LogP contribution in [0.25, 0.3) is 0 Å². The van der Waals surface area contributed by atoms with E-state index in [-0.39, 0.29) is 30.1 Å². The number of halogens is 1. The van der Waals surface area contributed by atoms with Crippen molar-refractivity contribution < 1.29 is 9.47 Å². The standard InChI is InChI=1S/C20H31N5O2S.HI/c1-15(27-5)19-24-18(14-28-19)13-25(3)20(21-2)23-12-16-6-8-17(9-7-16)22-10-11-26-4;/h6-9,14-15,22H,10-13H2,1-5H3,(H,21,23);1H. The van der Waals surface area contributed by atoms with E-state index in [0.717, 1.165) is 28.9 Å². The quantitative estimate of drug-likeness (QED) is 0.210. The molecule has 2 aromatic rings. The summed E-state index contributed by atoms with van der Waals surface area (Å²) in [4.78, 5) is 11.1. The zero-order valence-electron chi connectivity index (χ0n) is 17.8. The van der Waals surface area contributed by atoms with Crippen LogP contribution >= 0.6 is 35.3 Å². The smallest absolute Gasteiger partial charge is 0.194 e. The van der Waals surface area contributed by atoms with Gasteiger partial charge in [0.25, 0.3) is 0 Å². The molecule has 0 radical (unpaired) electrons. The number of aromatic nitrogens is 1. The molecule has 0 amide bonds. The monoisotopic (exact) mass is 533 g/mol. The van der Waals surface area contributed by atoms with Crippen LogP contribution in [0.1, 0.15) is 29.3 Å². The van der Waals surface area contributed by atoms with E-state index < -0.39 is 0 Å². The van der Waals surface area contributed by atoms with Crippen LogP contribution in [0.15, 0.2) is 34.6 Å². The van der Waals surface area contributed by atoms with Crippen LogP contribution in [0.4, 0.5) is 5.69 Å². The number of guanidine groups is 1. The highest BCUT2D eigenvalue weighted by Gasteiger charge is 2.12. The normalized spacial score (nSPS) is 12.2. The van der Waals surface area contributed by atoms with E-state index >= 15 is 0 Å². The summed E-state index contributed by atoms with van der Waals surface area (Å²) in [6.07, 6.45) is 0.0217. The predicted molar refractivity (Wildman–Crippen MR) is 131 cm³/mol. The summed E-state index contributed by atoms with van der Waals surface area (Å²) in [5.74, 6) is 0.830. The summed E-state index contributed by atoms with van der Waals surface area (Å²) in [5, 5.41) is 9.79. The van der Waals surface area contributed by atoms with E-state index in [1.165, 1.54) is 5.56 Å². The molecule has 0 aliphatic carbocycles. The maximum Gasteiger partial charge on any atom is 0.194 e. The molecule has 29 heavy (non-hydrogen) atoms. The Morgan fingerprint density at radius 2 is 2.00 bits per heavy atom. The predicted octanol–water partition coefficient (Wildman–Crippen LogP) is 3.73. The lowest BCUT2D eigenvalue weighted by Gasteiger charge is -2.21. The third-order valence-electron chi connectivity index (χ3n) is 4.28. The molecule has 9 heteroatoms. The molecule has 1 atom stereocenters. The van der Waals surface area contributed by atoms with Crippen LogP contribution in [0, 0.1) is 0 Å². The number of aliphatic imine (C=N–C) groups is 1. The Labute approximate surface area is 194 Å². The fraction of sp³-hybridized carbons (Fsp3) is 0.500. The number of hydrogen-bond acceptors (Lipinski definition) is 6. The van der Waals surface area contributed by atoms with Gasteiger partial charge in [-0.1, -0.05) is 12.1 Å². The van der Waals surface area contributed by atoms with Gasteiger partial charge in [-0.25, -0.2) is 4.98 Å². The minimum atomic E-state index is 0. The number of ether oxygens (including phenoxy) is 2. The lowest BCUT2D eigenvalue weighted by molar-refractivity contribution is 0.119. The van der Waals surface area contributed by atoms with Gasteiger partial charge in [-0.2, -0.15) is 0 Å². The van der Waals surface area contributed by atoms with Gasteiger partial charge in [-0.15, -0.1) is 35.3 Å². The minimum Gasteiger partial charge on any atom is -0.383 e. The number of nitrogens with zero attached hydrogens (tertiary/aromatic N) is 3. The van der Waals surface area contributed by atoms with Crippen molar-refractivity contribution >= 4 is 47.0 Å². The first-order chi connectivity index (χ1) is 13.6. The van der Waals surface area contributed by atoms with Crippen molar-refractivity contribution in [1.82, 2.24) is 15.2 Å². The van der Waals surface area contributed by atoms with E-state index in [2.05, 4.69) is 55.2 Å². The van der Waals surface area contributed by atoms with Crippen LogP contribution in [0.5, 0.6) is 0 Å². The fourth-order valence-electron chi connectivity index (χ4n) is 2.60. The molecule has 2 rings (SSSR count). The molecule has 0 saturated carbocycles. The van der Waals surface area contributed by atoms with Crippen molar-refractivity contribution in [3.63, 3.8) is 0 Å². The first kappa shape index (κ1) is 25.6. The summed E-state index contributed by atoms with van der Waals surface area (Å²) < 4.78 is 10.4. The maximum atomic E-state index is 5.33. The van der Waals surface area contributed by atoms with Crippen molar-refractivity contribution in [2.45, 2.75) is 26.1 Å². The number of thiazole rings is 1. The Morgan fingerprint density at radius 3 is 2.62 bits per heavy atom. The minimum absolute atomic E-state index is 0. The molecule has 7 nitrogen and oxygen atoms in total. The van der Waals surface area contributed by atoms with Crippen LogP contribution in [0.2, 0.25) is 0 Å². The van der Waals surface area contributed by atoms with Gasteiger partial charge >= 0.3 is 0 Å². The molecular weight excluding hydrogens is 501 g/mol. The molecule has 1 heterocycles. The van der Waals surface area contributed by atoms with Gasteiger partial charge in [0.15, 0.2) is 5.96 Å². The van der Waals surface area contributed by atoms with E-state index in [1.54, 1.807) is 32.6 Å². The van der Waals surface area contributed by atoms with Crippen molar-refractivity contribution in [1.29, 1.82) is 0 Å². The molecule has 2 N–H and O–H groups in total. The molecule has 1 aromatic carbocycles. The van der Waals surface area contributed by atoms with Crippen molar-refractivity contribution in [2.24, 2.45) is 4.99 Å². The van der Waals surface area contributed by atoms with Crippen LogP contribution in [-0.4, -0.2) is 57.3 Å². The highest BCUT2D eigenvalue weighted by atomic mass is 127. The number of nitrogens with one attached hydrogen (secondary N) is 2. The molecule has 1 unspecified atom stereocenters. The van der Waals surface area contributed by atoms with Crippen LogP contribution in [0.3, 0.4) is 0 Å². The first-order valence-electron chi connectivity index (χ1n) is 9.28. The highest BCUT2D eigenvalue weighted by molar-refractivity contribution is 14.0. The third kappa shape index (κ3) is 8.45.